The fraction of sp³-hybridized carbons (Fsp3) is 0.500. The van der Waals surface area contributed by atoms with Crippen LogP contribution in [0.2, 0.25) is 0 Å². The fourth-order valence-electron chi connectivity index (χ4n) is 1.89. The van der Waals surface area contributed by atoms with E-state index in [0.717, 1.165) is 12.2 Å². The minimum absolute atomic E-state index is 0.191. The van der Waals surface area contributed by atoms with E-state index in [9.17, 15) is 5.11 Å². The van der Waals surface area contributed by atoms with Crippen molar-refractivity contribution in [2.45, 2.75) is 25.5 Å². The van der Waals surface area contributed by atoms with Gasteiger partial charge in [-0.05, 0) is 36.8 Å². The van der Waals surface area contributed by atoms with Crippen LogP contribution >= 0.6 is 23.1 Å². The minimum atomic E-state index is 0.191. The van der Waals surface area contributed by atoms with Gasteiger partial charge < -0.3 is 9.84 Å². The molecule has 16 heavy (non-hydrogen) atoms. The number of hydrogen-bond donors (Lipinski definition) is 1. The first-order valence-electron chi connectivity index (χ1n) is 5.26. The molecule has 0 radical (unpaired) electrons. The normalized spacial score (nSPS) is 20.6. The molecule has 4 heteroatoms. The lowest BCUT2D eigenvalue weighted by Crippen LogP contribution is -1.91. The molecule has 0 amide bonds. The second-order valence-corrected chi connectivity index (χ2v) is 6.61. The lowest BCUT2D eigenvalue weighted by Gasteiger charge is -2.05. The third kappa shape index (κ3) is 2.14. The summed E-state index contributed by atoms with van der Waals surface area (Å²) < 4.78 is 5.30. The molecular formula is C12H16O2S2. The van der Waals surface area contributed by atoms with Crippen LogP contribution in [0.1, 0.15) is 28.3 Å². The standard InChI is InChI=1S/C12H16O2S2/c1-7-9(6-13)4-11(15-7)12-5-10(14-3)8(2)16-12/h5,11,13H,4,6H2,1-3H3. The molecule has 2 heterocycles. The quantitative estimate of drug-likeness (QED) is 0.897. The van der Waals surface area contributed by atoms with Gasteiger partial charge in [-0.15, -0.1) is 23.1 Å². The zero-order valence-corrected chi connectivity index (χ0v) is 11.4. The number of aliphatic hydroxyl groups excluding tert-OH is 1. The Morgan fingerprint density at radius 2 is 2.25 bits per heavy atom. The van der Waals surface area contributed by atoms with Gasteiger partial charge in [0.1, 0.15) is 5.75 Å². The largest absolute Gasteiger partial charge is 0.496 e. The monoisotopic (exact) mass is 256 g/mol. The molecule has 0 saturated heterocycles. The van der Waals surface area contributed by atoms with Crippen LogP contribution in [0.15, 0.2) is 16.5 Å². The summed E-state index contributed by atoms with van der Waals surface area (Å²) in [7, 11) is 1.71. The summed E-state index contributed by atoms with van der Waals surface area (Å²) in [6.07, 6.45) is 0.968. The van der Waals surface area contributed by atoms with Crippen molar-refractivity contribution in [3.8, 4) is 5.75 Å². The smallest absolute Gasteiger partial charge is 0.132 e. The van der Waals surface area contributed by atoms with Crippen molar-refractivity contribution in [2.75, 3.05) is 13.7 Å². The van der Waals surface area contributed by atoms with E-state index in [1.165, 1.54) is 20.2 Å². The molecule has 1 aliphatic heterocycles. The number of allylic oxidation sites excluding steroid dienone is 1. The van der Waals surface area contributed by atoms with Gasteiger partial charge in [-0.2, -0.15) is 0 Å². The van der Waals surface area contributed by atoms with E-state index in [1.807, 2.05) is 11.8 Å². The highest BCUT2D eigenvalue weighted by atomic mass is 32.2. The topological polar surface area (TPSA) is 29.5 Å². The van der Waals surface area contributed by atoms with Gasteiger partial charge in [-0.25, -0.2) is 0 Å². The molecule has 1 aromatic heterocycles. The molecule has 1 unspecified atom stereocenters. The molecule has 1 atom stereocenters. The first-order valence-corrected chi connectivity index (χ1v) is 6.95. The van der Waals surface area contributed by atoms with Crippen LogP contribution in [0.3, 0.4) is 0 Å². The molecule has 1 aromatic rings. The van der Waals surface area contributed by atoms with Crippen molar-refractivity contribution >= 4 is 23.1 Å². The Balaban J connectivity index is 2.16. The fourth-order valence-corrected chi connectivity index (χ4v) is 4.37. The number of hydrogen-bond acceptors (Lipinski definition) is 4. The Bertz CT molecular complexity index is 421. The zero-order valence-electron chi connectivity index (χ0n) is 9.74. The van der Waals surface area contributed by atoms with Crippen LogP contribution in [0.5, 0.6) is 5.75 Å². The first kappa shape index (κ1) is 12.0. The highest BCUT2D eigenvalue weighted by Crippen LogP contribution is 2.50. The summed E-state index contributed by atoms with van der Waals surface area (Å²) in [5.41, 5.74) is 1.18. The van der Waals surface area contributed by atoms with Crippen molar-refractivity contribution in [3.05, 3.63) is 26.3 Å². The molecule has 0 bridgehead atoms. The second kappa shape index (κ2) is 4.82. The Morgan fingerprint density at radius 1 is 1.50 bits per heavy atom. The Labute approximate surface area is 104 Å². The summed E-state index contributed by atoms with van der Waals surface area (Å²) in [6, 6.07) is 2.13. The summed E-state index contributed by atoms with van der Waals surface area (Å²) in [5, 5.41) is 9.68. The predicted octanol–water partition coefficient (Wildman–Crippen LogP) is 3.51. The second-order valence-electron chi connectivity index (χ2n) is 3.90. The number of thiophene rings is 1. The maximum absolute atomic E-state index is 9.21. The van der Waals surface area contributed by atoms with E-state index < -0.39 is 0 Å². The minimum Gasteiger partial charge on any atom is -0.496 e. The molecule has 0 saturated carbocycles. The van der Waals surface area contributed by atoms with E-state index in [2.05, 4.69) is 19.9 Å². The van der Waals surface area contributed by atoms with Crippen molar-refractivity contribution in [2.24, 2.45) is 0 Å². The third-order valence-electron chi connectivity index (χ3n) is 2.87. The van der Waals surface area contributed by atoms with Crippen molar-refractivity contribution in [3.63, 3.8) is 0 Å². The number of methoxy groups -OCH3 is 1. The molecule has 0 spiro atoms. The highest BCUT2D eigenvalue weighted by molar-refractivity contribution is 8.03. The summed E-state index contributed by atoms with van der Waals surface area (Å²) in [5.74, 6) is 0.982. The van der Waals surface area contributed by atoms with Crippen molar-refractivity contribution < 1.29 is 9.84 Å². The van der Waals surface area contributed by atoms with E-state index in [-0.39, 0.29) is 6.61 Å². The Kier molecular flexibility index (Phi) is 3.62. The van der Waals surface area contributed by atoms with Crippen molar-refractivity contribution in [1.29, 1.82) is 0 Å². The number of aryl methyl sites for hydroxylation is 1. The van der Waals surface area contributed by atoms with Crippen LogP contribution in [0, 0.1) is 6.92 Å². The molecular weight excluding hydrogens is 240 g/mol. The molecule has 1 N–H and O–H groups in total. The zero-order chi connectivity index (χ0) is 11.7. The van der Waals surface area contributed by atoms with E-state index in [1.54, 1.807) is 18.4 Å². The van der Waals surface area contributed by atoms with E-state index in [4.69, 9.17) is 4.74 Å². The van der Waals surface area contributed by atoms with Crippen molar-refractivity contribution in [1.82, 2.24) is 0 Å². The van der Waals surface area contributed by atoms with Gasteiger partial charge in [0.15, 0.2) is 0 Å². The van der Waals surface area contributed by atoms with Gasteiger partial charge in [0, 0.05) is 15.0 Å². The predicted molar refractivity (Wildman–Crippen MR) is 70.3 cm³/mol. The third-order valence-corrected chi connectivity index (χ3v) is 5.51. The SMILES string of the molecule is COc1cc(C2CC(CO)=C(C)S2)sc1C. The van der Waals surface area contributed by atoms with Crippen LogP contribution in [0.25, 0.3) is 0 Å². The first-order chi connectivity index (χ1) is 7.65. The Morgan fingerprint density at radius 3 is 2.75 bits per heavy atom. The maximum atomic E-state index is 9.21. The molecule has 0 aromatic carbocycles. The average molecular weight is 256 g/mol. The van der Waals surface area contributed by atoms with Crippen LogP contribution < -0.4 is 4.74 Å². The molecule has 88 valence electrons. The van der Waals surface area contributed by atoms with E-state index in [0.29, 0.717) is 5.25 Å². The maximum Gasteiger partial charge on any atom is 0.132 e. The highest BCUT2D eigenvalue weighted by Gasteiger charge is 2.25. The van der Waals surface area contributed by atoms with Gasteiger partial charge in [0.2, 0.25) is 0 Å². The number of aliphatic hydroxyl groups is 1. The molecule has 0 aliphatic carbocycles. The number of ether oxygens (including phenoxy) is 1. The van der Waals surface area contributed by atoms with E-state index >= 15 is 0 Å². The summed E-state index contributed by atoms with van der Waals surface area (Å²) >= 11 is 3.65. The van der Waals surface area contributed by atoms with Crippen LogP contribution in [-0.2, 0) is 0 Å². The number of rotatable bonds is 3. The van der Waals surface area contributed by atoms with Crippen LogP contribution in [-0.4, -0.2) is 18.8 Å². The summed E-state index contributed by atoms with van der Waals surface area (Å²) in [4.78, 5) is 3.85. The van der Waals surface area contributed by atoms with Gasteiger partial charge >= 0.3 is 0 Å². The molecule has 2 nitrogen and oxygen atoms in total. The lowest BCUT2D eigenvalue weighted by atomic mass is 10.1. The van der Waals surface area contributed by atoms with Gasteiger partial charge in [0.25, 0.3) is 0 Å². The molecule has 0 fully saturated rings. The van der Waals surface area contributed by atoms with Crippen LogP contribution in [0.4, 0.5) is 0 Å². The number of thioether (sulfide) groups is 1. The molecule has 2 rings (SSSR count). The molecule has 1 aliphatic rings. The lowest BCUT2D eigenvalue weighted by molar-refractivity contribution is 0.326. The summed E-state index contributed by atoms with van der Waals surface area (Å²) in [6.45, 7) is 4.37. The van der Waals surface area contributed by atoms with Gasteiger partial charge in [-0.1, -0.05) is 0 Å². The Hall–Kier alpha value is -0.450. The van der Waals surface area contributed by atoms with Gasteiger partial charge in [0.05, 0.1) is 13.7 Å². The van der Waals surface area contributed by atoms with Gasteiger partial charge in [-0.3, -0.25) is 0 Å². The average Bonchev–Trinajstić information content (AvgIpc) is 2.81.